The minimum Gasteiger partial charge on any atom is -0.303 e. The number of thiocarbonyl (C=S) groups is 1. The predicted octanol–water partition coefficient (Wildman–Crippen LogP) is 5.26. The minimum atomic E-state index is -4.80. The molecule has 0 atom stereocenters. The molecule has 11 heteroatoms. The Labute approximate surface area is 223 Å². The van der Waals surface area contributed by atoms with Crippen molar-refractivity contribution in [3.8, 4) is 6.07 Å². The molecule has 200 valence electrons. The van der Waals surface area contributed by atoms with Crippen LogP contribution in [-0.4, -0.2) is 52.8 Å². The van der Waals surface area contributed by atoms with Crippen LogP contribution in [0, 0.1) is 17.2 Å². The van der Waals surface area contributed by atoms with Gasteiger partial charge in [-0.2, -0.15) is 18.4 Å². The molecule has 5 rings (SSSR count). The lowest BCUT2D eigenvalue weighted by Gasteiger charge is -2.43. The molecule has 1 amide bonds. The molecule has 3 heterocycles. The van der Waals surface area contributed by atoms with E-state index in [4.69, 9.17) is 17.5 Å². The Kier molecular flexibility index (Phi) is 7.13. The molecular weight excluding hydrogens is 518 g/mol. The molecule has 0 radical (unpaired) electrons. The Bertz CT molecular complexity index is 1260. The van der Waals surface area contributed by atoms with Crippen LogP contribution in [0.15, 0.2) is 36.5 Å². The molecule has 0 bridgehead atoms. The van der Waals surface area contributed by atoms with Gasteiger partial charge in [0.15, 0.2) is 10.8 Å². The highest BCUT2D eigenvalue weighted by Crippen LogP contribution is 2.48. The van der Waals surface area contributed by atoms with Crippen LogP contribution < -0.4 is 9.80 Å². The Balaban J connectivity index is 1.38. The maximum Gasteiger partial charge on any atom is 0.419 e. The van der Waals surface area contributed by atoms with Crippen LogP contribution in [0.3, 0.4) is 0 Å². The summed E-state index contributed by atoms with van der Waals surface area (Å²) in [6.07, 6.45) is 1.11. The third-order valence-electron chi connectivity index (χ3n) is 7.96. The second kappa shape index (κ2) is 10.2. The molecule has 1 spiro atoms. The van der Waals surface area contributed by atoms with Crippen LogP contribution in [0.1, 0.15) is 48.9 Å². The molecule has 38 heavy (non-hydrogen) atoms. The third-order valence-corrected chi connectivity index (χ3v) is 8.33. The fourth-order valence-corrected chi connectivity index (χ4v) is 6.21. The Morgan fingerprint density at radius 3 is 2.37 bits per heavy atom. The lowest BCUT2D eigenvalue weighted by Crippen LogP contribution is -2.55. The number of anilines is 2. The van der Waals surface area contributed by atoms with E-state index in [9.17, 15) is 22.4 Å². The summed E-state index contributed by atoms with van der Waals surface area (Å²) < 4.78 is 53.3. The van der Waals surface area contributed by atoms with Gasteiger partial charge >= 0.3 is 6.18 Å². The number of rotatable bonds is 6. The van der Waals surface area contributed by atoms with E-state index in [1.165, 1.54) is 6.07 Å². The fraction of sp³-hybridized carbons (Fsp3) is 0.481. The van der Waals surface area contributed by atoms with Gasteiger partial charge in [0, 0.05) is 12.2 Å². The van der Waals surface area contributed by atoms with Crippen LogP contribution in [0.4, 0.5) is 28.9 Å². The van der Waals surface area contributed by atoms with E-state index in [2.05, 4.69) is 9.88 Å². The quantitative estimate of drug-likeness (QED) is 0.365. The lowest BCUT2D eigenvalue weighted by atomic mass is 9.75. The molecule has 2 aromatic rings. The molecule has 2 saturated heterocycles. The number of benzene rings is 1. The van der Waals surface area contributed by atoms with Gasteiger partial charge in [0.25, 0.3) is 5.91 Å². The highest BCUT2D eigenvalue weighted by Gasteiger charge is 2.59. The molecule has 0 unspecified atom stereocenters. The summed E-state index contributed by atoms with van der Waals surface area (Å²) in [6.45, 7) is 1.96. The smallest absolute Gasteiger partial charge is 0.303 e. The maximum absolute atomic E-state index is 13.6. The first kappa shape index (κ1) is 26.5. The number of piperidine rings is 1. The van der Waals surface area contributed by atoms with Gasteiger partial charge in [-0.3, -0.25) is 9.69 Å². The summed E-state index contributed by atoms with van der Waals surface area (Å²) in [5.41, 5.74) is -1.12. The van der Waals surface area contributed by atoms with Crippen molar-refractivity contribution in [1.82, 2.24) is 9.88 Å². The van der Waals surface area contributed by atoms with Gasteiger partial charge in [-0.1, -0.05) is 12.1 Å². The summed E-state index contributed by atoms with van der Waals surface area (Å²) in [6, 6.07) is 10.1. The van der Waals surface area contributed by atoms with E-state index in [0.717, 1.165) is 61.5 Å². The van der Waals surface area contributed by atoms with Crippen LogP contribution >= 0.6 is 12.2 Å². The number of hydrogen-bond donors (Lipinski definition) is 0. The number of carbonyl (C=O) groups is 1. The molecule has 3 fully saturated rings. The van der Waals surface area contributed by atoms with Crippen molar-refractivity contribution in [1.29, 1.82) is 5.26 Å². The van der Waals surface area contributed by atoms with Crippen molar-refractivity contribution in [2.75, 3.05) is 36.1 Å². The Morgan fingerprint density at radius 1 is 1.13 bits per heavy atom. The molecule has 0 N–H and O–H groups in total. The summed E-state index contributed by atoms with van der Waals surface area (Å²) in [7, 11) is 0. The number of carbonyl (C=O) groups excluding carboxylic acids is 1. The first-order valence-corrected chi connectivity index (χ1v) is 13.1. The number of nitrogens with zero attached hydrogens (tertiary/aromatic N) is 5. The second-order valence-electron chi connectivity index (χ2n) is 10.2. The third kappa shape index (κ3) is 4.64. The van der Waals surface area contributed by atoms with Gasteiger partial charge in [0.1, 0.15) is 18.3 Å². The van der Waals surface area contributed by atoms with Crippen molar-refractivity contribution in [2.24, 2.45) is 5.92 Å². The van der Waals surface area contributed by atoms with E-state index in [-0.39, 0.29) is 23.4 Å². The molecule has 1 aromatic heterocycles. The topological polar surface area (TPSA) is 63.5 Å². The average molecular weight is 546 g/mol. The lowest BCUT2D eigenvalue weighted by molar-refractivity contribution is -0.138. The Hall–Kier alpha value is -3.10. The molecule has 1 aliphatic carbocycles. The SMILES string of the molecule is N#Cc1ncc(N2C(=O)C3(CCC3)N(c3ccc(CC4CCN(CCF)CC4)cc3)C2=S)cc1C(F)(F)F. The number of alkyl halides is 4. The maximum atomic E-state index is 13.6. The second-order valence-corrected chi connectivity index (χ2v) is 10.6. The highest BCUT2D eigenvalue weighted by molar-refractivity contribution is 7.81. The van der Waals surface area contributed by atoms with Crippen LogP contribution in [0.2, 0.25) is 0 Å². The van der Waals surface area contributed by atoms with Gasteiger partial charge < -0.3 is 9.80 Å². The van der Waals surface area contributed by atoms with Crippen molar-refractivity contribution in [3.63, 3.8) is 0 Å². The van der Waals surface area contributed by atoms with Crippen LogP contribution in [-0.2, 0) is 17.4 Å². The number of aromatic nitrogens is 1. The first-order chi connectivity index (χ1) is 18.2. The molecule has 2 aliphatic heterocycles. The fourth-order valence-electron chi connectivity index (χ4n) is 5.74. The van der Waals surface area contributed by atoms with E-state index < -0.39 is 23.0 Å². The summed E-state index contributed by atoms with van der Waals surface area (Å²) in [4.78, 5) is 22.3. The largest absolute Gasteiger partial charge is 0.419 e. The summed E-state index contributed by atoms with van der Waals surface area (Å²) in [5, 5.41) is 9.18. The van der Waals surface area contributed by atoms with Gasteiger partial charge in [-0.05, 0) is 93.5 Å². The van der Waals surface area contributed by atoms with E-state index in [1.54, 1.807) is 4.90 Å². The van der Waals surface area contributed by atoms with Crippen molar-refractivity contribution in [2.45, 2.75) is 50.2 Å². The monoisotopic (exact) mass is 545 g/mol. The molecule has 1 aromatic carbocycles. The van der Waals surface area contributed by atoms with Crippen molar-refractivity contribution in [3.05, 3.63) is 53.3 Å². The Morgan fingerprint density at radius 2 is 1.82 bits per heavy atom. The van der Waals surface area contributed by atoms with Gasteiger partial charge in [-0.25, -0.2) is 9.37 Å². The van der Waals surface area contributed by atoms with E-state index >= 15 is 0 Å². The number of nitriles is 1. The van der Waals surface area contributed by atoms with Gasteiger partial charge in [0.05, 0.1) is 17.4 Å². The zero-order valence-electron chi connectivity index (χ0n) is 20.7. The molecule has 1 saturated carbocycles. The number of pyridine rings is 1. The number of likely N-dealkylation sites (tertiary alicyclic amines) is 1. The summed E-state index contributed by atoms with van der Waals surface area (Å²) >= 11 is 5.67. The number of hydrogen-bond acceptors (Lipinski definition) is 5. The zero-order valence-corrected chi connectivity index (χ0v) is 21.5. The van der Waals surface area contributed by atoms with Crippen molar-refractivity contribution < 1.29 is 22.4 Å². The van der Waals surface area contributed by atoms with Crippen LogP contribution in [0.5, 0.6) is 0 Å². The van der Waals surface area contributed by atoms with Gasteiger partial charge in [-0.15, -0.1) is 0 Å². The van der Waals surface area contributed by atoms with E-state index in [1.807, 2.05) is 24.3 Å². The number of halogens is 4. The van der Waals surface area contributed by atoms with Crippen LogP contribution in [0.25, 0.3) is 0 Å². The van der Waals surface area contributed by atoms with Gasteiger partial charge in [0.2, 0.25) is 0 Å². The molecular formula is C27H27F4N5OS. The highest BCUT2D eigenvalue weighted by atomic mass is 32.1. The minimum absolute atomic E-state index is 0.0994. The first-order valence-electron chi connectivity index (χ1n) is 12.7. The normalized spacial score (nSPS) is 20.2. The standard InChI is InChI=1S/C27H27F4N5OS/c28-10-13-34-11-6-19(7-12-34)14-18-2-4-20(5-3-18)36-25(38)35(24(37)26(36)8-1-9-26)21-15-22(27(29,30)31)23(16-32)33-17-21/h2-5,15,17,19H,1,6-14H2. The summed E-state index contributed by atoms with van der Waals surface area (Å²) in [5.74, 6) is 0.142. The van der Waals surface area contributed by atoms with E-state index in [0.29, 0.717) is 31.0 Å². The molecule has 3 aliphatic rings. The van der Waals surface area contributed by atoms with Crippen molar-refractivity contribution >= 4 is 34.6 Å². The average Bonchev–Trinajstić information content (AvgIpc) is 3.11. The number of amides is 1. The molecule has 6 nitrogen and oxygen atoms in total. The zero-order chi connectivity index (χ0) is 27.1. The predicted molar refractivity (Wildman–Crippen MR) is 138 cm³/mol.